The van der Waals surface area contributed by atoms with Crippen LogP contribution in [0.4, 0.5) is 5.69 Å². The molecule has 1 aliphatic heterocycles. The van der Waals surface area contributed by atoms with E-state index >= 15 is 0 Å². The van der Waals surface area contributed by atoms with Crippen LogP contribution in [0, 0.1) is 11.8 Å². The van der Waals surface area contributed by atoms with Crippen molar-refractivity contribution in [3.05, 3.63) is 39.4 Å². The van der Waals surface area contributed by atoms with E-state index in [-0.39, 0.29) is 10.1 Å². The van der Waals surface area contributed by atoms with E-state index in [2.05, 4.69) is 0 Å². The average molecular weight is 480 g/mol. The second kappa shape index (κ2) is 5.35. The first kappa shape index (κ1) is 18.5. The molecular formula is C15H6Cl7NO2. The van der Waals surface area contributed by atoms with Crippen molar-refractivity contribution in [3.8, 4) is 0 Å². The molecule has 4 rings (SSSR count). The summed E-state index contributed by atoms with van der Waals surface area (Å²) in [7, 11) is 0. The molecule has 3 nitrogen and oxygen atoms in total. The topological polar surface area (TPSA) is 37.4 Å². The monoisotopic (exact) mass is 477 g/mol. The van der Waals surface area contributed by atoms with Crippen molar-refractivity contribution >= 4 is 98.7 Å². The Morgan fingerprint density at radius 1 is 0.760 bits per heavy atom. The molecule has 1 saturated heterocycles. The Labute approximate surface area is 177 Å². The van der Waals surface area contributed by atoms with Crippen LogP contribution < -0.4 is 4.90 Å². The largest absolute Gasteiger partial charge is 0.274 e. The van der Waals surface area contributed by atoms with Gasteiger partial charge in [0, 0.05) is 5.02 Å². The highest BCUT2D eigenvalue weighted by molar-refractivity contribution is 6.67. The predicted molar refractivity (Wildman–Crippen MR) is 101 cm³/mol. The number of hydrogen-bond donors (Lipinski definition) is 0. The summed E-state index contributed by atoms with van der Waals surface area (Å²) in [6, 6.07) is 6.18. The minimum Gasteiger partial charge on any atom is -0.274 e. The lowest BCUT2D eigenvalue weighted by Crippen LogP contribution is -2.50. The van der Waals surface area contributed by atoms with Crippen LogP contribution in [0.25, 0.3) is 0 Å². The van der Waals surface area contributed by atoms with Crippen LogP contribution >= 0.6 is 81.2 Å². The molecule has 4 unspecified atom stereocenters. The van der Waals surface area contributed by atoms with E-state index in [1.807, 2.05) is 0 Å². The fourth-order valence-electron chi connectivity index (χ4n) is 3.84. The molecule has 2 amide bonds. The lowest BCUT2D eigenvalue weighted by atomic mass is 9.84. The van der Waals surface area contributed by atoms with Gasteiger partial charge in [0.15, 0.2) is 4.33 Å². The van der Waals surface area contributed by atoms with Crippen LogP contribution in [0.2, 0.25) is 5.02 Å². The highest BCUT2D eigenvalue weighted by Gasteiger charge is 2.87. The van der Waals surface area contributed by atoms with Crippen molar-refractivity contribution in [3.63, 3.8) is 0 Å². The summed E-state index contributed by atoms with van der Waals surface area (Å²) in [5, 5.41) is 0.228. The van der Waals surface area contributed by atoms with Crippen LogP contribution in [0.1, 0.15) is 0 Å². The number of imide groups is 1. The number of alkyl halides is 4. The molecule has 0 radical (unpaired) electrons. The third-order valence-electron chi connectivity index (χ3n) is 4.99. The van der Waals surface area contributed by atoms with Crippen molar-refractivity contribution in [2.24, 2.45) is 11.8 Å². The van der Waals surface area contributed by atoms with Gasteiger partial charge in [-0.25, -0.2) is 4.90 Å². The molecule has 132 valence electrons. The number of anilines is 1. The molecule has 3 aliphatic rings. The summed E-state index contributed by atoms with van der Waals surface area (Å²) >= 11 is 44.4. The number of rotatable bonds is 1. The van der Waals surface area contributed by atoms with Gasteiger partial charge in [-0.05, 0) is 24.3 Å². The van der Waals surface area contributed by atoms with Gasteiger partial charge >= 0.3 is 0 Å². The third kappa shape index (κ3) is 1.84. The molecule has 1 saturated carbocycles. The predicted octanol–water partition coefficient (Wildman–Crippen LogP) is 5.29. The summed E-state index contributed by atoms with van der Waals surface area (Å²) < 4.78 is -1.93. The first-order chi connectivity index (χ1) is 11.5. The molecule has 0 N–H and O–H groups in total. The average Bonchev–Trinajstić information content (AvgIpc) is 2.94. The molecule has 2 fully saturated rings. The van der Waals surface area contributed by atoms with Gasteiger partial charge < -0.3 is 0 Å². The fourth-order valence-corrected chi connectivity index (χ4v) is 6.89. The Morgan fingerprint density at radius 2 is 1.16 bits per heavy atom. The quantitative estimate of drug-likeness (QED) is 0.405. The van der Waals surface area contributed by atoms with E-state index in [0.29, 0.717) is 10.7 Å². The minimum absolute atomic E-state index is 0.115. The van der Waals surface area contributed by atoms with Crippen LogP contribution in [0.15, 0.2) is 34.3 Å². The Morgan fingerprint density at radius 3 is 1.56 bits per heavy atom. The zero-order chi connectivity index (χ0) is 18.5. The molecule has 1 aromatic carbocycles. The molecule has 2 aliphatic carbocycles. The highest BCUT2D eigenvalue weighted by atomic mass is 35.5. The molecule has 25 heavy (non-hydrogen) atoms. The van der Waals surface area contributed by atoms with Crippen molar-refractivity contribution in [1.29, 1.82) is 0 Å². The number of carbonyl (C=O) groups is 2. The SMILES string of the molecule is O=C1C2C(C(=O)N1c1ccc(Cl)cc1)C1(Cl)C(Cl)=C(Cl)C2(Cl)C1(Cl)Cl. The van der Waals surface area contributed by atoms with Crippen molar-refractivity contribution in [2.75, 3.05) is 4.90 Å². The second-order valence-electron chi connectivity index (χ2n) is 6.07. The van der Waals surface area contributed by atoms with E-state index in [0.717, 1.165) is 4.90 Å². The van der Waals surface area contributed by atoms with Crippen molar-refractivity contribution in [2.45, 2.75) is 14.1 Å². The Hall–Kier alpha value is 0.130. The first-order valence-electron chi connectivity index (χ1n) is 6.96. The summed E-state index contributed by atoms with van der Waals surface area (Å²) in [4.78, 5) is 23.5. The summed E-state index contributed by atoms with van der Waals surface area (Å²) in [6.07, 6.45) is 0. The summed E-state index contributed by atoms with van der Waals surface area (Å²) in [5.41, 5.74) is 0.329. The second-order valence-corrected chi connectivity index (χ2v) is 9.78. The van der Waals surface area contributed by atoms with Gasteiger partial charge in [0.2, 0.25) is 11.8 Å². The maximum Gasteiger partial charge on any atom is 0.240 e. The van der Waals surface area contributed by atoms with E-state index in [4.69, 9.17) is 81.2 Å². The molecule has 0 spiro atoms. The maximum atomic E-state index is 13.0. The van der Waals surface area contributed by atoms with Crippen molar-refractivity contribution in [1.82, 2.24) is 0 Å². The number of amides is 2. The van der Waals surface area contributed by atoms with Crippen LogP contribution in [-0.4, -0.2) is 25.9 Å². The van der Waals surface area contributed by atoms with Gasteiger partial charge in [-0.15, -0.1) is 23.2 Å². The van der Waals surface area contributed by atoms with Gasteiger partial charge in [-0.2, -0.15) is 0 Å². The molecule has 1 aromatic rings. The zero-order valence-electron chi connectivity index (χ0n) is 11.9. The van der Waals surface area contributed by atoms with Crippen LogP contribution in [-0.2, 0) is 9.59 Å². The minimum atomic E-state index is -1.93. The third-order valence-corrected chi connectivity index (χ3v) is 9.50. The Balaban J connectivity index is 1.90. The normalized spacial score (nSPS) is 38.8. The molecule has 4 atom stereocenters. The molecule has 1 heterocycles. The highest BCUT2D eigenvalue weighted by Crippen LogP contribution is 2.77. The number of carbonyl (C=O) groups excluding carboxylic acids is 2. The van der Waals surface area contributed by atoms with Gasteiger partial charge in [0.1, 0.15) is 9.75 Å². The van der Waals surface area contributed by atoms with E-state index < -0.39 is 37.7 Å². The van der Waals surface area contributed by atoms with E-state index in [1.165, 1.54) is 12.1 Å². The maximum absolute atomic E-state index is 13.0. The fraction of sp³-hybridized carbons (Fsp3) is 0.333. The standard InChI is InChI=1S/C15H6Cl7NO2/c16-5-1-3-6(4-2-5)23-11(24)7-8(12(23)25)14(20)10(18)9(17)13(7,19)15(14,21)22/h1-4,7-8H. The van der Waals surface area contributed by atoms with Gasteiger partial charge in [0.25, 0.3) is 0 Å². The smallest absolute Gasteiger partial charge is 0.240 e. The number of benzene rings is 1. The Bertz CT molecular complexity index is 821. The number of nitrogens with zero attached hydrogens (tertiary/aromatic N) is 1. The molecule has 2 bridgehead atoms. The van der Waals surface area contributed by atoms with Crippen molar-refractivity contribution < 1.29 is 9.59 Å². The molecule has 0 aromatic heterocycles. The number of allylic oxidation sites excluding steroid dienone is 2. The van der Waals surface area contributed by atoms with Crippen LogP contribution in [0.3, 0.4) is 0 Å². The van der Waals surface area contributed by atoms with Gasteiger partial charge in [-0.3, -0.25) is 9.59 Å². The van der Waals surface area contributed by atoms with E-state index in [9.17, 15) is 9.59 Å². The van der Waals surface area contributed by atoms with Gasteiger partial charge in [0.05, 0.1) is 27.6 Å². The summed E-state index contributed by atoms with van der Waals surface area (Å²) in [5.74, 6) is -3.47. The number of halogens is 7. The van der Waals surface area contributed by atoms with Gasteiger partial charge in [-0.1, -0.05) is 58.0 Å². The molecule has 10 heteroatoms. The zero-order valence-corrected chi connectivity index (χ0v) is 17.2. The lowest BCUT2D eigenvalue weighted by Gasteiger charge is -2.34. The Kier molecular flexibility index (Phi) is 3.96. The lowest BCUT2D eigenvalue weighted by molar-refractivity contribution is -0.123. The summed E-state index contributed by atoms with van der Waals surface area (Å²) in [6.45, 7) is 0. The molecular weight excluding hydrogens is 474 g/mol. The first-order valence-corrected chi connectivity index (χ1v) is 9.61. The number of hydrogen-bond acceptors (Lipinski definition) is 2. The van der Waals surface area contributed by atoms with Crippen LogP contribution in [0.5, 0.6) is 0 Å². The van der Waals surface area contributed by atoms with E-state index in [1.54, 1.807) is 12.1 Å². The number of fused-ring (bicyclic) bond motifs is 5.